The monoisotopic (exact) mass is 929 g/mol. The van der Waals surface area contributed by atoms with E-state index >= 15 is 0 Å². The molecule has 4 rings (SSSR count). The molecule has 0 aromatic heterocycles. The SMILES string of the molecule is O=C1c2c(Br)c(Br)c(Br)c(Cc3c(Br)c(Br)c(Br)c4c3C(=O)N(Br)C4=O)c2C(=O)N1Br. The van der Waals surface area contributed by atoms with Gasteiger partial charge in [-0.05, 0) is 107 Å². The molecule has 0 unspecified atom stereocenters. The van der Waals surface area contributed by atoms with E-state index in [0.717, 1.165) is 7.85 Å². The van der Waals surface area contributed by atoms with Crippen molar-refractivity contribution in [2.75, 3.05) is 0 Å². The maximum atomic E-state index is 12.9. The van der Waals surface area contributed by atoms with E-state index < -0.39 is 23.6 Å². The molecule has 2 heterocycles. The first kappa shape index (κ1) is 24.7. The van der Waals surface area contributed by atoms with E-state index in [-0.39, 0.29) is 28.7 Å². The number of fused-ring (bicyclic) bond motifs is 2. The van der Waals surface area contributed by atoms with E-state index in [4.69, 9.17) is 0 Å². The minimum absolute atomic E-state index is 0.0727. The molecule has 2 aromatic carbocycles. The molecular weight excluding hydrogens is 935 g/mol. The molecule has 2 aliphatic rings. The van der Waals surface area contributed by atoms with Crippen LogP contribution in [0.15, 0.2) is 26.8 Å². The largest absolute Gasteiger partial charge is 0.272 e. The molecule has 6 nitrogen and oxygen atoms in total. The van der Waals surface area contributed by atoms with E-state index in [9.17, 15) is 19.2 Å². The molecule has 0 bridgehead atoms. The zero-order chi connectivity index (χ0) is 23.1. The van der Waals surface area contributed by atoms with E-state index in [1.54, 1.807) is 0 Å². The van der Waals surface area contributed by atoms with Gasteiger partial charge in [0, 0.05) is 33.3 Å². The number of benzene rings is 2. The molecule has 0 N–H and O–H groups in total. The number of amides is 4. The number of halogens is 8. The van der Waals surface area contributed by atoms with Gasteiger partial charge in [-0.2, -0.15) is 0 Å². The van der Waals surface area contributed by atoms with Crippen molar-refractivity contribution >= 4 is 152 Å². The normalized spacial score (nSPS) is 15.4. The Balaban J connectivity index is 2.05. The molecule has 0 radical (unpaired) electrons. The average Bonchev–Trinajstić information content (AvgIpc) is 3.10. The first-order valence-electron chi connectivity index (χ1n) is 7.89. The molecule has 0 saturated heterocycles. The molecule has 31 heavy (non-hydrogen) atoms. The fourth-order valence-corrected chi connectivity index (χ4v) is 7.70. The standard InChI is InChI=1S/C17H2Br8N2O4/c18-8-2(4-6(10(20)12(8)22)16(30)26(24)14(4)28)1-3-5-7(11(21)13(23)9(3)19)17(31)27(25)15(5)29/h1H2. The lowest BCUT2D eigenvalue weighted by molar-refractivity contribution is 0.0768. The number of hydrogen-bond acceptors (Lipinski definition) is 4. The van der Waals surface area contributed by atoms with Gasteiger partial charge in [-0.1, -0.05) is 0 Å². The highest BCUT2D eigenvalue weighted by Gasteiger charge is 2.43. The zero-order valence-electron chi connectivity index (χ0n) is 14.3. The molecular formula is C17H2Br8N2O4. The highest BCUT2D eigenvalue weighted by Crippen LogP contribution is 2.48. The van der Waals surface area contributed by atoms with Crippen LogP contribution in [0, 0.1) is 0 Å². The van der Waals surface area contributed by atoms with Crippen LogP contribution in [-0.4, -0.2) is 31.5 Å². The van der Waals surface area contributed by atoms with Crippen molar-refractivity contribution in [2.24, 2.45) is 0 Å². The Bertz CT molecular complexity index is 1190. The number of carbonyl (C=O) groups excluding carboxylic acids is 4. The highest BCUT2D eigenvalue weighted by molar-refractivity contribution is 9.15. The van der Waals surface area contributed by atoms with Crippen molar-refractivity contribution in [1.29, 1.82) is 0 Å². The van der Waals surface area contributed by atoms with Gasteiger partial charge in [-0.25, -0.2) is 7.85 Å². The number of nitrogens with zero attached hydrogens (tertiary/aromatic N) is 2. The van der Waals surface area contributed by atoms with E-state index in [0.29, 0.717) is 38.0 Å². The van der Waals surface area contributed by atoms with Crippen molar-refractivity contribution in [3.05, 3.63) is 60.2 Å². The van der Waals surface area contributed by atoms with Crippen molar-refractivity contribution in [2.45, 2.75) is 6.42 Å². The van der Waals surface area contributed by atoms with Crippen LogP contribution in [0.3, 0.4) is 0 Å². The Morgan fingerprint density at radius 2 is 0.742 bits per heavy atom. The quantitative estimate of drug-likeness (QED) is 0.176. The minimum atomic E-state index is -0.530. The second-order valence-corrected chi connectivity index (χ2v) is 12.5. The molecule has 2 aliphatic heterocycles. The Labute approximate surface area is 242 Å². The van der Waals surface area contributed by atoms with E-state index in [1.807, 2.05) is 0 Å². The summed E-state index contributed by atoms with van der Waals surface area (Å²) in [6.45, 7) is 0. The van der Waals surface area contributed by atoms with Gasteiger partial charge in [0.25, 0.3) is 23.6 Å². The summed E-state index contributed by atoms with van der Waals surface area (Å²) in [7, 11) is 0. The lowest BCUT2D eigenvalue weighted by Gasteiger charge is -2.17. The van der Waals surface area contributed by atoms with Gasteiger partial charge in [0.1, 0.15) is 0 Å². The van der Waals surface area contributed by atoms with E-state index in [1.165, 1.54) is 0 Å². The first-order valence-corrected chi connectivity index (χ1v) is 14.1. The predicted molar refractivity (Wildman–Crippen MR) is 141 cm³/mol. The van der Waals surface area contributed by atoms with Crippen LogP contribution in [0.4, 0.5) is 0 Å². The lowest BCUT2D eigenvalue weighted by atomic mass is 9.92. The van der Waals surface area contributed by atoms with Gasteiger partial charge in [0.2, 0.25) is 0 Å². The summed E-state index contributed by atoms with van der Waals surface area (Å²) in [6.07, 6.45) is 0.0727. The molecule has 0 atom stereocenters. The summed E-state index contributed by atoms with van der Waals surface area (Å²) >= 11 is 26.7. The Kier molecular flexibility index (Phi) is 6.89. The maximum absolute atomic E-state index is 12.9. The van der Waals surface area contributed by atoms with Crippen molar-refractivity contribution in [1.82, 2.24) is 7.85 Å². The predicted octanol–water partition coefficient (Wildman–Crippen LogP) is 7.66. The minimum Gasteiger partial charge on any atom is -0.268 e. The Hall–Kier alpha value is 0.560. The van der Waals surface area contributed by atoms with Gasteiger partial charge in [0.15, 0.2) is 0 Å². The number of carbonyl (C=O) groups is 4. The third-order valence-electron chi connectivity index (χ3n) is 4.77. The summed E-state index contributed by atoms with van der Waals surface area (Å²) in [5.74, 6) is -2.09. The van der Waals surface area contributed by atoms with Crippen LogP contribution in [0.5, 0.6) is 0 Å². The summed E-state index contributed by atoms with van der Waals surface area (Å²) in [5, 5.41) is 0. The summed E-state index contributed by atoms with van der Waals surface area (Å²) < 4.78 is 4.73. The van der Waals surface area contributed by atoms with Crippen LogP contribution in [0.2, 0.25) is 0 Å². The Morgan fingerprint density at radius 3 is 1.06 bits per heavy atom. The van der Waals surface area contributed by atoms with Crippen LogP contribution in [-0.2, 0) is 6.42 Å². The fraction of sp³-hybridized carbons (Fsp3) is 0.0588. The summed E-state index contributed by atoms with van der Waals surface area (Å²) in [4.78, 5) is 51.0. The molecule has 160 valence electrons. The van der Waals surface area contributed by atoms with Crippen LogP contribution in [0.1, 0.15) is 52.6 Å². The average molecular weight is 937 g/mol. The topological polar surface area (TPSA) is 74.8 Å². The van der Waals surface area contributed by atoms with Crippen LogP contribution in [0.25, 0.3) is 0 Å². The molecule has 0 spiro atoms. The highest BCUT2D eigenvalue weighted by atomic mass is 79.9. The number of rotatable bonds is 2. The lowest BCUT2D eigenvalue weighted by Crippen LogP contribution is -2.18. The molecule has 4 amide bonds. The van der Waals surface area contributed by atoms with Crippen molar-refractivity contribution < 1.29 is 19.2 Å². The smallest absolute Gasteiger partial charge is 0.268 e. The summed E-state index contributed by atoms with van der Waals surface area (Å²) in [5.41, 5.74) is 1.74. The fourth-order valence-electron chi connectivity index (χ4n) is 3.38. The van der Waals surface area contributed by atoms with Gasteiger partial charge in [-0.15, -0.1) is 0 Å². The van der Waals surface area contributed by atoms with Gasteiger partial charge in [-0.3, -0.25) is 19.2 Å². The first-order chi connectivity index (χ1) is 14.4. The Morgan fingerprint density at radius 1 is 0.452 bits per heavy atom. The van der Waals surface area contributed by atoms with Crippen molar-refractivity contribution in [3.8, 4) is 0 Å². The van der Waals surface area contributed by atoms with Gasteiger partial charge < -0.3 is 0 Å². The third-order valence-corrected chi connectivity index (χ3v) is 13.1. The second-order valence-electron chi connectivity index (χ2n) is 6.30. The molecule has 2 aromatic rings. The van der Waals surface area contributed by atoms with Crippen LogP contribution < -0.4 is 0 Å². The zero-order valence-corrected chi connectivity index (χ0v) is 26.9. The van der Waals surface area contributed by atoms with Gasteiger partial charge in [0.05, 0.1) is 54.5 Å². The molecule has 0 aliphatic carbocycles. The third kappa shape index (κ3) is 3.49. The molecule has 14 heteroatoms. The summed E-state index contributed by atoms with van der Waals surface area (Å²) in [6, 6.07) is 0. The number of hydrogen-bond donors (Lipinski definition) is 0. The van der Waals surface area contributed by atoms with Crippen LogP contribution >= 0.6 is 128 Å². The van der Waals surface area contributed by atoms with Crippen molar-refractivity contribution in [3.63, 3.8) is 0 Å². The van der Waals surface area contributed by atoms with Gasteiger partial charge >= 0.3 is 0 Å². The maximum Gasteiger partial charge on any atom is 0.272 e. The number of imide groups is 2. The molecule has 0 saturated carbocycles. The second kappa shape index (κ2) is 8.65. The molecule has 0 fully saturated rings. The van der Waals surface area contributed by atoms with E-state index in [2.05, 4.69) is 128 Å².